The van der Waals surface area contributed by atoms with E-state index in [1.165, 1.54) is 0 Å². The summed E-state index contributed by atoms with van der Waals surface area (Å²) >= 11 is 1.14. The summed E-state index contributed by atoms with van der Waals surface area (Å²) in [7, 11) is 0. The minimum Gasteiger partial charge on any atom is -0.488 e. The lowest BCUT2D eigenvalue weighted by atomic mass is 10.1. The van der Waals surface area contributed by atoms with Gasteiger partial charge in [-0.05, 0) is 35.8 Å². The predicted molar refractivity (Wildman–Crippen MR) is 88.8 cm³/mol. The van der Waals surface area contributed by atoms with Gasteiger partial charge in [0.1, 0.15) is 17.7 Å². The van der Waals surface area contributed by atoms with Crippen LogP contribution in [-0.4, -0.2) is 35.6 Å². The molecule has 8 heteroatoms. The van der Waals surface area contributed by atoms with Gasteiger partial charge in [0, 0.05) is 11.8 Å². The number of hydrogen-bond acceptors (Lipinski definition) is 7. The second-order valence-electron chi connectivity index (χ2n) is 5.35. The van der Waals surface area contributed by atoms with Gasteiger partial charge >= 0.3 is 0 Å². The first-order valence-corrected chi connectivity index (χ1v) is 8.26. The van der Waals surface area contributed by atoms with E-state index in [0.717, 1.165) is 11.5 Å². The van der Waals surface area contributed by atoms with Crippen molar-refractivity contribution < 1.29 is 14.3 Å². The van der Waals surface area contributed by atoms with Crippen molar-refractivity contribution >= 4 is 23.3 Å². The molecule has 3 N–H and O–H groups in total. The van der Waals surface area contributed by atoms with Crippen LogP contribution in [0, 0.1) is 11.3 Å². The summed E-state index contributed by atoms with van der Waals surface area (Å²) in [5.41, 5.74) is 6.61. The molecular weight excluding hydrogens is 328 g/mol. The number of carbonyl (C=O) groups excluding carboxylic acids is 1. The fourth-order valence-electron chi connectivity index (χ4n) is 2.44. The number of benzene rings is 1. The van der Waals surface area contributed by atoms with Crippen LogP contribution >= 0.6 is 11.5 Å². The van der Waals surface area contributed by atoms with E-state index in [1.807, 2.05) is 0 Å². The van der Waals surface area contributed by atoms with Gasteiger partial charge in [0.05, 0.1) is 36.5 Å². The van der Waals surface area contributed by atoms with Gasteiger partial charge in [0.2, 0.25) is 0 Å². The molecule has 2 heterocycles. The lowest BCUT2D eigenvalue weighted by Gasteiger charge is -2.32. The number of anilines is 1. The second kappa shape index (κ2) is 7.29. The molecule has 124 valence electrons. The molecule has 0 unspecified atom stereocenters. The monoisotopic (exact) mass is 344 g/mol. The van der Waals surface area contributed by atoms with Crippen LogP contribution in [0.4, 0.5) is 5.82 Å². The lowest BCUT2D eigenvalue weighted by Crippen LogP contribution is -2.51. The maximum Gasteiger partial charge on any atom is 0.256 e. The summed E-state index contributed by atoms with van der Waals surface area (Å²) in [6.07, 6.45) is 0.436. The zero-order valence-corrected chi connectivity index (χ0v) is 13.6. The highest BCUT2D eigenvalue weighted by Gasteiger charge is 2.30. The number of hydrogen-bond donors (Lipinski definition) is 2. The molecular formula is C16H16N4O3S. The summed E-state index contributed by atoms with van der Waals surface area (Å²) in [5.74, 6) is 0.584. The Bertz CT molecular complexity index is 753. The van der Waals surface area contributed by atoms with E-state index in [2.05, 4.69) is 15.8 Å². The number of aromatic nitrogens is 1. The van der Waals surface area contributed by atoms with Crippen LogP contribution in [0.5, 0.6) is 5.75 Å². The van der Waals surface area contributed by atoms with Crippen LogP contribution in [0.3, 0.4) is 0 Å². The Hall–Kier alpha value is -2.63. The van der Waals surface area contributed by atoms with Crippen molar-refractivity contribution in [3.8, 4) is 11.8 Å². The lowest BCUT2D eigenvalue weighted by molar-refractivity contribution is -0.00287. The van der Waals surface area contributed by atoms with Gasteiger partial charge in [-0.1, -0.05) is 0 Å². The Morgan fingerprint density at radius 2 is 2.25 bits per heavy atom. The largest absolute Gasteiger partial charge is 0.488 e. The van der Waals surface area contributed by atoms with Crippen molar-refractivity contribution in [2.24, 2.45) is 0 Å². The number of nitrogen functional groups attached to an aromatic ring is 1. The number of ether oxygens (including phenoxy) is 2. The Balaban J connectivity index is 1.67. The Morgan fingerprint density at radius 3 is 2.92 bits per heavy atom. The maximum atomic E-state index is 12.3. The highest BCUT2D eigenvalue weighted by atomic mass is 32.1. The third-order valence-electron chi connectivity index (χ3n) is 3.72. The fourth-order valence-corrected chi connectivity index (χ4v) is 3.04. The SMILES string of the molecule is N#Cc1ccc(O[C@@H]2CCOC[C@H]2NC(=O)c2csnc2N)cc1. The first kappa shape index (κ1) is 16.2. The minimum absolute atomic E-state index is 0.219. The molecule has 2 atom stereocenters. The fraction of sp³-hybridized carbons (Fsp3) is 0.312. The quantitative estimate of drug-likeness (QED) is 0.871. The molecule has 1 saturated heterocycles. The first-order chi connectivity index (χ1) is 11.7. The van der Waals surface area contributed by atoms with Crippen LogP contribution in [-0.2, 0) is 4.74 Å². The van der Waals surface area contributed by atoms with E-state index >= 15 is 0 Å². The average Bonchev–Trinajstić information content (AvgIpc) is 3.03. The summed E-state index contributed by atoms with van der Waals surface area (Å²) in [4.78, 5) is 12.3. The van der Waals surface area contributed by atoms with Crippen molar-refractivity contribution in [1.29, 1.82) is 5.26 Å². The first-order valence-electron chi connectivity index (χ1n) is 7.42. The number of nitrogens with two attached hydrogens (primary N) is 1. The molecule has 0 aliphatic carbocycles. The summed E-state index contributed by atoms with van der Waals surface area (Å²) < 4.78 is 15.3. The van der Waals surface area contributed by atoms with Crippen LogP contribution in [0.1, 0.15) is 22.3 Å². The highest BCUT2D eigenvalue weighted by Crippen LogP contribution is 2.20. The highest BCUT2D eigenvalue weighted by molar-refractivity contribution is 7.04. The average molecular weight is 344 g/mol. The van der Waals surface area contributed by atoms with E-state index in [9.17, 15) is 4.79 Å². The van der Waals surface area contributed by atoms with Crippen LogP contribution < -0.4 is 15.8 Å². The number of nitrogens with one attached hydrogen (secondary N) is 1. The predicted octanol–water partition coefficient (Wildman–Crippen LogP) is 1.56. The van der Waals surface area contributed by atoms with Crippen molar-refractivity contribution in [2.75, 3.05) is 18.9 Å². The van der Waals surface area contributed by atoms with E-state index in [0.29, 0.717) is 36.5 Å². The smallest absolute Gasteiger partial charge is 0.256 e. The molecule has 1 aliphatic heterocycles. The molecule has 1 fully saturated rings. The number of nitriles is 1. The third-order valence-corrected chi connectivity index (χ3v) is 4.37. The van der Waals surface area contributed by atoms with E-state index in [1.54, 1.807) is 29.6 Å². The molecule has 0 bridgehead atoms. The number of amides is 1. The van der Waals surface area contributed by atoms with Crippen LogP contribution in [0.2, 0.25) is 0 Å². The normalized spacial score (nSPS) is 20.1. The topological polar surface area (TPSA) is 110 Å². The van der Waals surface area contributed by atoms with Gasteiger partial charge in [-0.3, -0.25) is 4.79 Å². The number of rotatable bonds is 4. The van der Waals surface area contributed by atoms with Gasteiger partial charge in [0.25, 0.3) is 5.91 Å². The second-order valence-corrected chi connectivity index (χ2v) is 5.98. The molecule has 0 saturated carbocycles. The third kappa shape index (κ3) is 3.64. The summed E-state index contributed by atoms with van der Waals surface area (Å²) in [6, 6.07) is 8.65. The molecule has 7 nitrogen and oxygen atoms in total. The van der Waals surface area contributed by atoms with Crippen LogP contribution in [0.25, 0.3) is 0 Å². The zero-order chi connectivity index (χ0) is 16.9. The number of nitrogens with zero attached hydrogens (tertiary/aromatic N) is 2. The molecule has 24 heavy (non-hydrogen) atoms. The minimum atomic E-state index is -0.291. The van der Waals surface area contributed by atoms with E-state index < -0.39 is 0 Å². The Kier molecular flexibility index (Phi) is 4.93. The van der Waals surface area contributed by atoms with Gasteiger partial charge in [0.15, 0.2) is 0 Å². The van der Waals surface area contributed by atoms with Gasteiger partial charge in [-0.25, -0.2) is 0 Å². The molecule has 1 aromatic carbocycles. The molecule has 0 spiro atoms. The molecule has 0 radical (unpaired) electrons. The van der Waals surface area contributed by atoms with E-state index in [4.69, 9.17) is 20.5 Å². The van der Waals surface area contributed by atoms with Gasteiger partial charge in [-0.2, -0.15) is 9.64 Å². The van der Waals surface area contributed by atoms with Crippen molar-refractivity contribution in [1.82, 2.24) is 9.69 Å². The van der Waals surface area contributed by atoms with Crippen molar-refractivity contribution in [3.63, 3.8) is 0 Å². The van der Waals surface area contributed by atoms with Gasteiger partial charge in [-0.15, -0.1) is 0 Å². The maximum absolute atomic E-state index is 12.3. The van der Waals surface area contributed by atoms with E-state index in [-0.39, 0.29) is 23.9 Å². The zero-order valence-electron chi connectivity index (χ0n) is 12.8. The Labute approximate surface area is 143 Å². The van der Waals surface area contributed by atoms with Crippen LogP contribution in [0.15, 0.2) is 29.6 Å². The molecule has 1 aliphatic rings. The molecule has 1 amide bonds. The molecule has 2 aromatic rings. The molecule has 3 rings (SSSR count). The molecule has 1 aromatic heterocycles. The standard InChI is InChI=1S/C16H16N4O3S/c17-7-10-1-3-11(4-2-10)23-14-5-6-22-8-13(14)19-16(21)12-9-24-20-15(12)18/h1-4,9,13-14H,5-6,8H2,(H2,18,20)(H,19,21)/t13-,14-/m1/s1. The van der Waals surface area contributed by atoms with Crippen molar-refractivity contribution in [2.45, 2.75) is 18.6 Å². The number of carbonyl (C=O) groups is 1. The van der Waals surface area contributed by atoms with Crippen molar-refractivity contribution in [3.05, 3.63) is 40.8 Å². The summed E-state index contributed by atoms with van der Waals surface area (Å²) in [6.45, 7) is 0.930. The Morgan fingerprint density at radius 1 is 1.46 bits per heavy atom. The van der Waals surface area contributed by atoms with Gasteiger partial charge < -0.3 is 20.5 Å². The summed E-state index contributed by atoms with van der Waals surface area (Å²) in [5, 5.41) is 13.4.